The fraction of sp³-hybridized carbons (Fsp3) is 0.269. The van der Waals surface area contributed by atoms with Gasteiger partial charge in [0.2, 0.25) is 5.91 Å². The van der Waals surface area contributed by atoms with Crippen LogP contribution in [0.3, 0.4) is 0 Å². The zero-order chi connectivity index (χ0) is 22.8. The molecule has 1 heterocycles. The standard InChI is InChI=1S/C26H27N5O2/c1-2-22(32)30-18-12-26(13-18)14-19(15-26)31-25-23(24(27)28-16-29-25)17-8-10-21(11-9-17)33-20-6-4-3-5-7-20/h2-11,16,18-19H,1,12-15H2,(H,30,32)(H3,27,28,29,31). The number of carbonyl (C=O) groups excluding carboxylic acids is 1. The van der Waals surface area contributed by atoms with E-state index in [1.54, 1.807) is 0 Å². The third-order valence-corrected chi connectivity index (χ3v) is 6.59. The second-order valence-electron chi connectivity index (χ2n) is 8.99. The molecule has 2 aliphatic carbocycles. The quantitative estimate of drug-likeness (QED) is 0.465. The highest BCUT2D eigenvalue weighted by molar-refractivity contribution is 5.87. The molecule has 2 aromatic carbocycles. The minimum Gasteiger partial charge on any atom is -0.457 e. The predicted molar refractivity (Wildman–Crippen MR) is 129 cm³/mol. The summed E-state index contributed by atoms with van der Waals surface area (Å²) in [6, 6.07) is 18.0. The Labute approximate surface area is 193 Å². The van der Waals surface area contributed by atoms with Crippen molar-refractivity contribution in [3.05, 3.63) is 73.6 Å². The number of carbonyl (C=O) groups is 1. The minimum atomic E-state index is -0.0925. The number of benzene rings is 2. The lowest BCUT2D eigenvalue weighted by Crippen LogP contribution is -2.59. The molecule has 7 nitrogen and oxygen atoms in total. The van der Waals surface area contributed by atoms with E-state index in [0.717, 1.165) is 54.1 Å². The summed E-state index contributed by atoms with van der Waals surface area (Å²) in [6.45, 7) is 3.51. The van der Waals surface area contributed by atoms with Crippen LogP contribution < -0.4 is 21.1 Å². The minimum absolute atomic E-state index is 0.0925. The van der Waals surface area contributed by atoms with Gasteiger partial charge in [0.05, 0.1) is 5.56 Å². The summed E-state index contributed by atoms with van der Waals surface area (Å²) in [5, 5.41) is 6.55. The molecular formula is C26H27N5O2. The van der Waals surface area contributed by atoms with Crippen molar-refractivity contribution in [2.75, 3.05) is 11.1 Å². The maximum atomic E-state index is 11.5. The summed E-state index contributed by atoms with van der Waals surface area (Å²) in [5.41, 5.74) is 8.31. The molecule has 0 bridgehead atoms. The molecular weight excluding hydrogens is 414 g/mol. The number of anilines is 2. The topological polar surface area (TPSA) is 102 Å². The van der Waals surface area contributed by atoms with Crippen LogP contribution in [0.1, 0.15) is 25.7 Å². The first-order valence-electron chi connectivity index (χ1n) is 11.2. The molecule has 5 rings (SSSR count). The van der Waals surface area contributed by atoms with Crippen molar-refractivity contribution in [3.63, 3.8) is 0 Å². The van der Waals surface area contributed by atoms with Crippen LogP contribution >= 0.6 is 0 Å². The molecule has 7 heteroatoms. The van der Waals surface area contributed by atoms with E-state index in [1.807, 2.05) is 54.6 Å². The first-order chi connectivity index (χ1) is 16.0. The fourth-order valence-electron chi connectivity index (χ4n) is 5.07. The lowest BCUT2D eigenvalue weighted by atomic mass is 9.52. The summed E-state index contributed by atoms with van der Waals surface area (Å²) in [4.78, 5) is 20.2. The van der Waals surface area contributed by atoms with Crippen molar-refractivity contribution < 1.29 is 9.53 Å². The summed E-state index contributed by atoms with van der Waals surface area (Å²) in [7, 11) is 0. The van der Waals surface area contributed by atoms with Gasteiger partial charge in [-0.25, -0.2) is 9.97 Å². The van der Waals surface area contributed by atoms with Gasteiger partial charge >= 0.3 is 0 Å². The largest absolute Gasteiger partial charge is 0.457 e. The maximum Gasteiger partial charge on any atom is 0.243 e. The lowest BCUT2D eigenvalue weighted by Gasteiger charge is -2.58. The van der Waals surface area contributed by atoms with Gasteiger partial charge in [0, 0.05) is 12.1 Å². The summed E-state index contributed by atoms with van der Waals surface area (Å²) >= 11 is 0. The molecule has 3 aromatic rings. The first-order valence-corrected chi connectivity index (χ1v) is 11.2. The van der Waals surface area contributed by atoms with Gasteiger partial charge in [0.1, 0.15) is 29.5 Å². The van der Waals surface area contributed by atoms with Gasteiger partial charge in [-0.15, -0.1) is 0 Å². The molecule has 2 saturated carbocycles. The van der Waals surface area contributed by atoms with Crippen LogP contribution in [-0.4, -0.2) is 28.0 Å². The summed E-state index contributed by atoms with van der Waals surface area (Å²) in [6.07, 6.45) is 6.98. The van der Waals surface area contributed by atoms with Crippen molar-refractivity contribution in [3.8, 4) is 22.6 Å². The van der Waals surface area contributed by atoms with Gasteiger partial charge in [0.15, 0.2) is 0 Å². The molecule has 1 amide bonds. The summed E-state index contributed by atoms with van der Waals surface area (Å²) < 4.78 is 5.89. The van der Waals surface area contributed by atoms with Gasteiger partial charge in [-0.3, -0.25) is 4.79 Å². The van der Waals surface area contributed by atoms with Gasteiger partial charge in [0.25, 0.3) is 0 Å². The van der Waals surface area contributed by atoms with Gasteiger partial charge in [-0.1, -0.05) is 36.9 Å². The number of para-hydroxylation sites is 1. The number of aromatic nitrogens is 2. The Morgan fingerprint density at radius 1 is 1.00 bits per heavy atom. The smallest absolute Gasteiger partial charge is 0.243 e. The number of hydrogen-bond acceptors (Lipinski definition) is 6. The van der Waals surface area contributed by atoms with Crippen LogP contribution in [0.2, 0.25) is 0 Å². The SMILES string of the molecule is C=CC(=O)NC1CC2(C1)CC(Nc1ncnc(N)c1-c1ccc(Oc3ccccc3)cc1)C2. The average Bonchev–Trinajstić information content (AvgIpc) is 2.77. The number of hydrogen-bond donors (Lipinski definition) is 3. The fourth-order valence-corrected chi connectivity index (χ4v) is 5.07. The summed E-state index contributed by atoms with van der Waals surface area (Å²) in [5.74, 6) is 2.63. The highest BCUT2D eigenvalue weighted by Crippen LogP contribution is 2.56. The third kappa shape index (κ3) is 4.39. The normalized spacial score (nSPS) is 23.2. The molecule has 0 aliphatic heterocycles. The van der Waals surface area contributed by atoms with Crippen LogP contribution in [0.4, 0.5) is 11.6 Å². The molecule has 0 radical (unpaired) electrons. The van der Waals surface area contributed by atoms with E-state index < -0.39 is 0 Å². The van der Waals surface area contributed by atoms with E-state index in [9.17, 15) is 4.79 Å². The second-order valence-corrected chi connectivity index (χ2v) is 8.99. The Morgan fingerprint density at radius 3 is 2.36 bits per heavy atom. The number of nitrogens with zero attached hydrogens (tertiary/aromatic N) is 2. The van der Waals surface area contributed by atoms with E-state index in [-0.39, 0.29) is 11.9 Å². The molecule has 168 valence electrons. The molecule has 0 unspecified atom stereocenters. The lowest BCUT2D eigenvalue weighted by molar-refractivity contribution is -0.119. The number of amides is 1. The van der Waals surface area contributed by atoms with Gasteiger partial charge in [-0.05, 0) is 67.0 Å². The number of nitrogens with one attached hydrogen (secondary N) is 2. The number of nitrogens with two attached hydrogens (primary N) is 1. The molecule has 2 fully saturated rings. The van der Waals surface area contributed by atoms with Crippen LogP contribution in [0.15, 0.2) is 73.6 Å². The van der Waals surface area contributed by atoms with Crippen molar-refractivity contribution in [2.45, 2.75) is 37.8 Å². The molecule has 33 heavy (non-hydrogen) atoms. The highest BCUT2D eigenvalue weighted by Gasteiger charge is 2.53. The third-order valence-electron chi connectivity index (χ3n) is 6.59. The van der Waals surface area contributed by atoms with Gasteiger partial charge < -0.3 is 21.1 Å². The van der Waals surface area contributed by atoms with E-state index in [2.05, 4.69) is 27.2 Å². The Balaban J connectivity index is 1.24. The molecule has 4 N–H and O–H groups in total. The Bertz CT molecular complexity index is 1150. The van der Waals surface area contributed by atoms with Gasteiger partial charge in [-0.2, -0.15) is 0 Å². The number of rotatable bonds is 7. The first kappa shape index (κ1) is 21.0. The molecule has 1 aromatic heterocycles. The molecule has 0 atom stereocenters. The van der Waals surface area contributed by atoms with Crippen molar-refractivity contribution in [1.29, 1.82) is 0 Å². The predicted octanol–water partition coefficient (Wildman–Crippen LogP) is 4.54. The second kappa shape index (κ2) is 8.58. The van der Waals surface area contributed by atoms with Crippen molar-refractivity contribution in [1.82, 2.24) is 15.3 Å². The Morgan fingerprint density at radius 2 is 1.67 bits per heavy atom. The number of ether oxygens (including phenoxy) is 1. The zero-order valence-corrected chi connectivity index (χ0v) is 18.3. The van der Waals surface area contributed by atoms with Crippen molar-refractivity contribution >= 4 is 17.5 Å². The average molecular weight is 442 g/mol. The maximum absolute atomic E-state index is 11.5. The van der Waals surface area contributed by atoms with Crippen LogP contribution in [0, 0.1) is 5.41 Å². The van der Waals surface area contributed by atoms with E-state index in [1.165, 1.54) is 12.4 Å². The van der Waals surface area contributed by atoms with Crippen molar-refractivity contribution in [2.24, 2.45) is 5.41 Å². The van der Waals surface area contributed by atoms with E-state index >= 15 is 0 Å². The Kier molecular flexibility index (Phi) is 5.46. The molecule has 1 spiro atoms. The zero-order valence-electron chi connectivity index (χ0n) is 18.3. The van der Waals surface area contributed by atoms with Crippen LogP contribution in [0.25, 0.3) is 11.1 Å². The Hall–Kier alpha value is -3.87. The number of nitrogen functional groups attached to an aromatic ring is 1. The van der Waals surface area contributed by atoms with Crippen LogP contribution in [-0.2, 0) is 4.79 Å². The highest BCUT2D eigenvalue weighted by atomic mass is 16.5. The van der Waals surface area contributed by atoms with E-state index in [4.69, 9.17) is 10.5 Å². The van der Waals surface area contributed by atoms with Crippen LogP contribution in [0.5, 0.6) is 11.5 Å². The van der Waals surface area contributed by atoms with E-state index in [0.29, 0.717) is 17.3 Å². The molecule has 2 aliphatic rings. The monoisotopic (exact) mass is 441 g/mol. The molecule has 0 saturated heterocycles.